The van der Waals surface area contributed by atoms with Crippen LogP contribution in [0.5, 0.6) is 0 Å². The third-order valence-corrected chi connectivity index (χ3v) is 4.21. The van der Waals surface area contributed by atoms with Gasteiger partial charge in [0, 0.05) is 57.3 Å². The summed E-state index contributed by atoms with van der Waals surface area (Å²) in [5, 5.41) is 4.26. The predicted octanol–water partition coefficient (Wildman–Crippen LogP) is 1.70. The standard InChI is InChI=1S/C16H23N5O/c1-20-11-14(10-19-20)16-15(17-5-6-18-16)13-4-3-7-21(12-13)8-9-22-2/h5-6,10-11,13H,3-4,7-9,12H2,1-2H3. The normalized spacial score (nSPS) is 19.5. The maximum Gasteiger partial charge on any atom is 0.0952 e. The van der Waals surface area contributed by atoms with Crippen LogP contribution in [0.4, 0.5) is 0 Å². The summed E-state index contributed by atoms with van der Waals surface area (Å²) in [6.45, 7) is 3.93. The minimum absolute atomic E-state index is 0.425. The lowest BCUT2D eigenvalue weighted by Crippen LogP contribution is -2.37. The van der Waals surface area contributed by atoms with Gasteiger partial charge >= 0.3 is 0 Å². The lowest BCUT2D eigenvalue weighted by atomic mass is 9.92. The maximum atomic E-state index is 5.20. The van der Waals surface area contributed by atoms with Crippen molar-refractivity contribution in [3.05, 3.63) is 30.5 Å². The van der Waals surface area contributed by atoms with Gasteiger partial charge in [0.15, 0.2) is 0 Å². The molecule has 1 aliphatic heterocycles. The summed E-state index contributed by atoms with van der Waals surface area (Å²) in [6.07, 6.45) is 9.77. The van der Waals surface area contributed by atoms with Crippen LogP contribution in [0.1, 0.15) is 24.5 Å². The number of aromatic nitrogens is 4. The molecule has 1 atom stereocenters. The van der Waals surface area contributed by atoms with Gasteiger partial charge in [-0.3, -0.25) is 14.6 Å². The van der Waals surface area contributed by atoms with Crippen molar-refractivity contribution in [1.29, 1.82) is 0 Å². The minimum atomic E-state index is 0.425. The van der Waals surface area contributed by atoms with E-state index in [9.17, 15) is 0 Å². The Morgan fingerprint density at radius 2 is 2.18 bits per heavy atom. The van der Waals surface area contributed by atoms with Gasteiger partial charge in [-0.2, -0.15) is 5.10 Å². The van der Waals surface area contributed by atoms with E-state index in [-0.39, 0.29) is 0 Å². The molecule has 0 aliphatic carbocycles. The van der Waals surface area contributed by atoms with Gasteiger partial charge in [0.05, 0.1) is 24.2 Å². The molecule has 22 heavy (non-hydrogen) atoms. The van der Waals surface area contributed by atoms with Crippen LogP contribution < -0.4 is 0 Å². The summed E-state index contributed by atoms with van der Waals surface area (Å²) < 4.78 is 7.01. The van der Waals surface area contributed by atoms with E-state index in [4.69, 9.17) is 4.74 Å². The molecule has 0 spiro atoms. The lowest BCUT2D eigenvalue weighted by Gasteiger charge is -2.32. The highest BCUT2D eigenvalue weighted by Crippen LogP contribution is 2.31. The molecule has 6 nitrogen and oxygen atoms in total. The van der Waals surface area contributed by atoms with Crippen LogP contribution in [0.15, 0.2) is 24.8 Å². The van der Waals surface area contributed by atoms with Crippen molar-refractivity contribution in [2.24, 2.45) is 7.05 Å². The van der Waals surface area contributed by atoms with Crippen molar-refractivity contribution in [1.82, 2.24) is 24.6 Å². The second kappa shape index (κ2) is 6.98. The topological polar surface area (TPSA) is 56.1 Å². The van der Waals surface area contributed by atoms with Crippen molar-refractivity contribution >= 4 is 0 Å². The number of piperidine rings is 1. The molecule has 2 aromatic rings. The molecule has 0 saturated carbocycles. The lowest BCUT2D eigenvalue weighted by molar-refractivity contribution is 0.127. The largest absolute Gasteiger partial charge is 0.383 e. The SMILES string of the molecule is COCCN1CCCC(c2nccnc2-c2cnn(C)c2)C1. The van der Waals surface area contributed by atoms with Crippen molar-refractivity contribution in [2.45, 2.75) is 18.8 Å². The third kappa shape index (κ3) is 3.34. The van der Waals surface area contributed by atoms with E-state index in [1.54, 1.807) is 24.2 Å². The molecule has 0 amide bonds. The van der Waals surface area contributed by atoms with Gasteiger partial charge in [-0.15, -0.1) is 0 Å². The zero-order valence-corrected chi connectivity index (χ0v) is 13.3. The molecule has 1 saturated heterocycles. The Balaban J connectivity index is 1.82. The van der Waals surface area contributed by atoms with Gasteiger partial charge in [0.1, 0.15) is 0 Å². The molecule has 2 aromatic heterocycles. The highest BCUT2D eigenvalue weighted by atomic mass is 16.5. The molecule has 6 heteroatoms. The number of likely N-dealkylation sites (tertiary alicyclic amines) is 1. The second-order valence-electron chi connectivity index (χ2n) is 5.83. The van der Waals surface area contributed by atoms with Crippen LogP contribution in [0, 0.1) is 0 Å². The van der Waals surface area contributed by atoms with Crippen molar-refractivity contribution < 1.29 is 4.74 Å². The second-order valence-corrected chi connectivity index (χ2v) is 5.83. The van der Waals surface area contributed by atoms with E-state index in [0.717, 1.165) is 49.6 Å². The number of nitrogens with zero attached hydrogens (tertiary/aromatic N) is 5. The Morgan fingerprint density at radius 3 is 2.95 bits per heavy atom. The maximum absolute atomic E-state index is 5.20. The molecule has 1 aliphatic rings. The summed E-state index contributed by atoms with van der Waals surface area (Å²) in [4.78, 5) is 11.7. The predicted molar refractivity (Wildman–Crippen MR) is 84.5 cm³/mol. The molecule has 3 heterocycles. The Morgan fingerprint density at radius 1 is 1.32 bits per heavy atom. The average molecular weight is 301 g/mol. The fraction of sp³-hybridized carbons (Fsp3) is 0.562. The quantitative estimate of drug-likeness (QED) is 0.841. The first-order valence-corrected chi connectivity index (χ1v) is 7.79. The molecule has 1 fully saturated rings. The fourth-order valence-electron chi connectivity index (χ4n) is 3.12. The summed E-state index contributed by atoms with van der Waals surface area (Å²) >= 11 is 0. The smallest absolute Gasteiger partial charge is 0.0952 e. The van der Waals surface area contributed by atoms with E-state index in [1.807, 2.05) is 19.4 Å². The summed E-state index contributed by atoms with van der Waals surface area (Å²) in [6, 6.07) is 0. The Bertz CT molecular complexity index is 612. The zero-order chi connectivity index (χ0) is 15.4. The van der Waals surface area contributed by atoms with Gasteiger partial charge in [0.2, 0.25) is 0 Å². The van der Waals surface area contributed by atoms with Crippen molar-refractivity contribution in [3.63, 3.8) is 0 Å². The summed E-state index contributed by atoms with van der Waals surface area (Å²) in [7, 11) is 3.68. The summed E-state index contributed by atoms with van der Waals surface area (Å²) in [5.41, 5.74) is 3.10. The monoisotopic (exact) mass is 301 g/mol. The van der Waals surface area contributed by atoms with E-state index in [2.05, 4.69) is 20.0 Å². The van der Waals surface area contributed by atoms with Gasteiger partial charge < -0.3 is 9.64 Å². The van der Waals surface area contributed by atoms with E-state index in [0.29, 0.717) is 5.92 Å². The Labute approximate surface area is 131 Å². The molecule has 0 N–H and O–H groups in total. The van der Waals surface area contributed by atoms with Crippen LogP contribution in [-0.4, -0.2) is 58.0 Å². The molecule has 118 valence electrons. The third-order valence-electron chi connectivity index (χ3n) is 4.21. The van der Waals surface area contributed by atoms with Crippen LogP contribution in [-0.2, 0) is 11.8 Å². The number of hydrogen-bond donors (Lipinski definition) is 0. The number of aryl methyl sites for hydroxylation is 1. The first kappa shape index (κ1) is 15.1. The highest BCUT2D eigenvalue weighted by Gasteiger charge is 2.25. The van der Waals surface area contributed by atoms with Crippen LogP contribution in [0.3, 0.4) is 0 Å². The summed E-state index contributed by atoms with van der Waals surface area (Å²) in [5.74, 6) is 0.425. The van der Waals surface area contributed by atoms with Gasteiger partial charge in [-0.25, -0.2) is 0 Å². The first-order chi connectivity index (χ1) is 10.8. The molecule has 3 rings (SSSR count). The van der Waals surface area contributed by atoms with E-state index >= 15 is 0 Å². The molecule has 0 aromatic carbocycles. The molecule has 1 unspecified atom stereocenters. The minimum Gasteiger partial charge on any atom is -0.383 e. The van der Waals surface area contributed by atoms with Crippen LogP contribution >= 0.6 is 0 Å². The van der Waals surface area contributed by atoms with Crippen molar-refractivity contribution in [2.75, 3.05) is 33.4 Å². The number of hydrogen-bond acceptors (Lipinski definition) is 5. The Hall–Kier alpha value is -1.79. The van der Waals surface area contributed by atoms with E-state index < -0.39 is 0 Å². The Kier molecular flexibility index (Phi) is 4.80. The van der Waals surface area contributed by atoms with Crippen molar-refractivity contribution in [3.8, 4) is 11.3 Å². The number of methoxy groups -OCH3 is 1. The van der Waals surface area contributed by atoms with Crippen LogP contribution in [0.25, 0.3) is 11.3 Å². The average Bonchev–Trinajstić information content (AvgIpc) is 2.99. The number of rotatable bonds is 5. The van der Waals surface area contributed by atoms with Gasteiger partial charge in [-0.05, 0) is 19.4 Å². The van der Waals surface area contributed by atoms with Gasteiger partial charge in [0.25, 0.3) is 0 Å². The molecular weight excluding hydrogens is 278 g/mol. The fourth-order valence-corrected chi connectivity index (χ4v) is 3.12. The molecule has 0 radical (unpaired) electrons. The number of ether oxygens (including phenoxy) is 1. The highest BCUT2D eigenvalue weighted by molar-refractivity contribution is 5.60. The first-order valence-electron chi connectivity index (χ1n) is 7.79. The van der Waals surface area contributed by atoms with Gasteiger partial charge in [-0.1, -0.05) is 0 Å². The molecular formula is C16H23N5O. The van der Waals surface area contributed by atoms with Crippen LogP contribution in [0.2, 0.25) is 0 Å². The van der Waals surface area contributed by atoms with E-state index in [1.165, 1.54) is 6.42 Å². The molecule has 0 bridgehead atoms. The zero-order valence-electron chi connectivity index (χ0n) is 13.3.